The molecular weight excluding hydrogens is 384 g/mol. The van der Waals surface area contributed by atoms with Crippen molar-refractivity contribution in [2.24, 2.45) is 5.92 Å². The van der Waals surface area contributed by atoms with Crippen molar-refractivity contribution >= 4 is 18.2 Å². The molecule has 0 radical (unpaired) electrons. The van der Waals surface area contributed by atoms with Gasteiger partial charge in [0.2, 0.25) is 0 Å². The van der Waals surface area contributed by atoms with E-state index in [0.717, 1.165) is 17.4 Å². The van der Waals surface area contributed by atoms with Gasteiger partial charge in [-0.1, -0.05) is 67.6 Å². The van der Waals surface area contributed by atoms with Crippen LogP contribution in [0, 0.1) is 5.92 Å². The molecule has 0 aliphatic heterocycles. The third-order valence-electron chi connectivity index (χ3n) is 4.68. The third kappa shape index (κ3) is 7.12. The van der Waals surface area contributed by atoms with Crippen molar-refractivity contribution in [3.63, 3.8) is 0 Å². The molecule has 0 spiro atoms. The Morgan fingerprint density at radius 2 is 1.50 bits per heavy atom. The minimum Gasteiger partial charge on any atom is -0.461 e. The van der Waals surface area contributed by atoms with Crippen molar-refractivity contribution in [1.82, 2.24) is 0 Å². The highest BCUT2D eigenvalue weighted by atomic mass is 16.6. The average Bonchev–Trinajstić information content (AvgIpc) is 2.73. The molecule has 0 bridgehead atoms. The first-order valence-electron chi connectivity index (χ1n) is 9.84. The first-order valence-corrected chi connectivity index (χ1v) is 9.84. The Kier molecular flexibility index (Phi) is 8.74. The van der Waals surface area contributed by atoms with Gasteiger partial charge < -0.3 is 19.0 Å². The van der Waals surface area contributed by atoms with Crippen molar-refractivity contribution in [1.29, 1.82) is 0 Å². The van der Waals surface area contributed by atoms with Gasteiger partial charge in [-0.2, -0.15) is 0 Å². The van der Waals surface area contributed by atoms with Crippen LogP contribution >= 0.6 is 0 Å². The lowest BCUT2D eigenvalue weighted by Gasteiger charge is -2.37. The number of ether oxygens (including phenoxy) is 3. The maximum absolute atomic E-state index is 12.5. The summed E-state index contributed by atoms with van der Waals surface area (Å²) in [7, 11) is 0. The molecule has 2 aromatic carbocycles. The number of aldehydes is 1. The molecular formula is C24H28O6. The fourth-order valence-electron chi connectivity index (χ4n) is 3.31. The van der Waals surface area contributed by atoms with Crippen molar-refractivity contribution < 1.29 is 28.6 Å². The molecule has 0 N–H and O–H groups in total. The summed E-state index contributed by atoms with van der Waals surface area (Å²) < 4.78 is 16.9. The van der Waals surface area contributed by atoms with Gasteiger partial charge in [-0.3, -0.25) is 9.59 Å². The van der Waals surface area contributed by atoms with Crippen LogP contribution in [0.1, 0.15) is 38.3 Å². The Hall–Kier alpha value is -2.99. The number of hydrogen-bond acceptors (Lipinski definition) is 6. The average molecular weight is 412 g/mol. The van der Waals surface area contributed by atoms with Crippen LogP contribution in [0.15, 0.2) is 60.7 Å². The van der Waals surface area contributed by atoms with Gasteiger partial charge in [-0.05, 0) is 18.1 Å². The predicted molar refractivity (Wildman–Crippen MR) is 111 cm³/mol. The van der Waals surface area contributed by atoms with E-state index in [4.69, 9.17) is 14.2 Å². The smallest absolute Gasteiger partial charge is 0.310 e. The van der Waals surface area contributed by atoms with Crippen molar-refractivity contribution in [3.05, 3.63) is 71.8 Å². The van der Waals surface area contributed by atoms with Gasteiger partial charge in [-0.25, -0.2) is 0 Å². The molecule has 0 heterocycles. The van der Waals surface area contributed by atoms with Crippen LogP contribution in [0.2, 0.25) is 0 Å². The van der Waals surface area contributed by atoms with Crippen LogP contribution in [-0.4, -0.2) is 29.9 Å². The van der Waals surface area contributed by atoms with Gasteiger partial charge in [0.05, 0.1) is 13.0 Å². The van der Waals surface area contributed by atoms with E-state index in [1.54, 1.807) is 13.8 Å². The lowest BCUT2D eigenvalue weighted by Crippen LogP contribution is -2.50. The molecule has 0 aromatic heterocycles. The van der Waals surface area contributed by atoms with Gasteiger partial charge in [0.1, 0.15) is 24.6 Å². The van der Waals surface area contributed by atoms with Crippen LogP contribution in [-0.2, 0) is 41.8 Å². The maximum Gasteiger partial charge on any atom is 0.310 e. The highest BCUT2D eigenvalue weighted by Crippen LogP contribution is 2.30. The van der Waals surface area contributed by atoms with E-state index < -0.39 is 29.6 Å². The van der Waals surface area contributed by atoms with Gasteiger partial charge in [-0.15, -0.1) is 0 Å². The standard InChI is InChI=1S/C24H28O6/c1-18(15-25)23(29-17-21-12-8-5-9-13-21)24(3,30-19(2)26)14-22(27)28-16-20-10-6-4-7-11-20/h4-13,15,18,23H,14,16-17H2,1-3H3/t18-,23+,24+/m0/s1. The van der Waals surface area contributed by atoms with Gasteiger partial charge in [0.15, 0.2) is 0 Å². The second-order valence-electron chi connectivity index (χ2n) is 7.44. The molecule has 0 unspecified atom stereocenters. The minimum atomic E-state index is -1.37. The normalized spacial score (nSPS) is 14.8. The number of carbonyl (C=O) groups is 3. The number of hydrogen-bond donors (Lipinski definition) is 0. The van der Waals surface area contributed by atoms with Crippen LogP contribution in [0.5, 0.6) is 0 Å². The van der Waals surface area contributed by atoms with Crippen LogP contribution in [0.4, 0.5) is 0 Å². The highest BCUT2D eigenvalue weighted by Gasteiger charge is 2.44. The van der Waals surface area contributed by atoms with E-state index in [0.29, 0.717) is 0 Å². The first kappa shape index (κ1) is 23.3. The maximum atomic E-state index is 12.5. The van der Waals surface area contributed by atoms with Crippen LogP contribution < -0.4 is 0 Å². The van der Waals surface area contributed by atoms with Gasteiger partial charge >= 0.3 is 11.9 Å². The largest absolute Gasteiger partial charge is 0.461 e. The summed E-state index contributed by atoms with van der Waals surface area (Å²) in [6, 6.07) is 18.7. The molecule has 160 valence electrons. The summed E-state index contributed by atoms with van der Waals surface area (Å²) in [5.41, 5.74) is 0.380. The van der Waals surface area contributed by atoms with E-state index in [9.17, 15) is 14.4 Å². The zero-order valence-electron chi connectivity index (χ0n) is 17.6. The fourth-order valence-corrected chi connectivity index (χ4v) is 3.31. The third-order valence-corrected chi connectivity index (χ3v) is 4.68. The molecule has 0 aliphatic carbocycles. The SMILES string of the molecule is CC(=O)O[C@](C)(CC(=O)OCc1ccccc1)[C@H](OCc1ccccc1)[C@@H](C)C=O. The molecule has 0 fully saturated rings. The highest BCUT2D eigenvalue weighted by molar-refractivity contribution is 5.73. The molecule has 30 heavy (non-hydrogen) atoms. The molecule has 0 saturated carbocycles. The predicted octanol–water partition coefficient (Wildman–Crippen LogP) is 3.86. The Morgan fingerprint density at radius 3 is 2.00 bits per heavy atom. The number of benzene rings is 2. The van der Waals surface area contributed by atoms with Crippen molar-refractivity contribution in [2.75, 3.05) is 0 Å². The Balaban J connectivity index is 2.14. The second-order valence-corrected chi connectivity index (χ2v) is 7.44. The summed E-state index contributed by atoms with van der Waals surface area (Å²) in [5.74, 6) is -1.73. The Labute approximate surface area is 177 Å². The van der Waals surface area contributed by atoms with E-state index in [-0.39, 0.29) is 19.6 Å². The van der Waals surface area contributed by atoms with E-state index in [1.807, 2.05) is 60.7 Å². The van der Waals surface area contributed by atoms with E-state index in [2.05, 4.69) is 0 Å². The topological polar surface area (TPSA) is 78.9 Å². The van der Waals surface area contributed by atoms with E-state index >= 15 is 0 Å². The second kappa shape index (κ2) is 11.3. The van der Waals surface area contributed by atoms with Crippen LogP contribution in [0.25, 0.3) is 0 Å². The molecule has 6 heteroatoms. The molecule has 0 amide bonds. The summed E-state index contributed by atoms with van der Waals surface area (Å²) in [6.07, 6.45) is -0.340. The Bertz CT molecular complexity index is 820. The zero-order valence-corrected chi connectivity index (χ0v) is 17.6. The minimum absolute atomic E-state index is 0.106. The Morgan fingerprint density at radius 1 is 0.967 bits per heavy atom. The summed E-state index contributed by atoms with van der Waals surface area (Å²) in [5, 5.41) is 0. The zero-order chi connectivity index (χ0) is 22.0. The van der Waals surface area contributed by atoms with Crippen LogP contribution in [0.3, 0.4) is 0 Å². The van der Waals surface area contributed by atoms with Gasteiger partial charge in [0.25, 0.3) is 0 Å². The number of carbonyl (C=O) groups excluding carboxylic acids is 3. The monoisotopic (exact) mass is 412 g/mol. The molecule has 2 rings (SSSR count). The lowest BCUT2D eigenvalue weighted by molar-refractivity contribution is -0.189. The first-order chi connectivity index (χ1) is 14.3. The quantitative estimate of drug-likeness (QED) is 0.412. The van der Waals surface area contributed by atoms with E-state index in [1.165, 1.54) is 6.92 Å². The lowest BCUT2D eigenvalue weighted by atomic mass is 9.86. The fraction of sp³-hybridized carbons (Fsp3) is 0.375. The molecule has 2 aromatic rings. The molecule has 0 aliphatic rings. The molecule has 0 saturated heterocycles. The molecule has 6 nitrogen and oxygen atoms in total. The van der Waals surface area contributed by atoms with Gasteiger partial charge in [0, 0.05) is 12.8 Å². The molecule has 3 atom stereocenters. The number of esters is 2. The summed E-state index contributed by atoms with van der Waals surface area (Å²) >= 11 is 0. The summed E-state index contributed by atoms with van der Waals surface area (Å²) in [4.78, 5) is 35.9. The van der Waals surface area contributed by atoms with Crippen molar-refractivity contribution in [3.8, 4) is 0 Å². The van der Waals surface area contributed by atoms with Crippen molar-refractivity contribution in [2.45, 2.75) is 52.1 Å². The number of rotatable bonds is 11. The summed E-state index contributed by atoms with van der Waals surface area (Å²) in [6.45, 7) is 4.83.